The molecule has 0 aliphatic carbocycles. The van der Waals surface area contributed by atoms with Crippen molar-refractivity contribution in [3.8, 4) is 0 Å². The van der Waals surface area contributed by atoms with Crippen molar-refractivity contribution in [1.29, 1.82) is 0 Å². The van der Waals surface area contributed by atoms with Crippen LogP contribution in [0.2, 0.25) is 0 Å². The number of imidazole rings is 2. The summed E-state index contributed by atoms with van der Waals surface area (Å²) in [6.45, 7) is 3.64. The molecule has 0 saturated carbocycles. The fraction of sp³-hybridized carbons (Fsp3) is 0.133. The van der Waals surface area contributed by atoms with Gasteiger partial charge in [-0.2, -0.15) is 0 Å². The molecule has 0 aliphatic rings. The van der Waals surface area contributed by atoms with Gasteiger partial charge in [-0.05, 0) is 44.8 Å². The minimum Gasteiger partial charge on any atom is -1.00 e. The Labute approximate surface area is 232 Å². The smallest absolute Gasteiger partial charge is 0.244 e. The zero-order chi connectivity index (χ0) is 22.7. The summed E-state index contributed by atoms with van der Waals surface area (Å²) in [6.07, 6.45) is 13.0. The van der Waals surface area contributed by atoms with E-state index >= 15 is 0 Å². The summed E-state index contributed by atoms with van der Waals surface area (Å²) in [5.41, 5.74) is 2.64. The lowest BCUT2D eigenvalue weighted by Gasteiger charge is -2.02. The predicted molar refractivity (Wildman–Crippen MR) is 135 cm³/mol. The highest BCUT2D eigenvalue weighted by Gasteiger charge is 2.09. The molecule has 6 rings (SSSR count). The standard InChI is InChI=1S/C30H28N4.2BrH/c1-3-7-29-19-25(9-11-27(29)5-1)21-33-17-15-31(23-33)13-14-32-16-18-34(24-32)22-26-10-12-28-6-2-4-8-30(28)20-26;;/h1-12,15-20,23-24H,13-14,21-22H2;2*1H/q+2;;/p-2. The van der Waals surface area contributed by atoms with Crippen LogP contribution in [-0.2, 0) is 26.2 Å². The Morgan fingerprint density at radius 3 is 1.36 bits per heavy atom. The molecule has 0 bridgehead atoms. The van der Waals surface area contributed by atoms with Crippen molar-refractivity contribution in [3.05, 3.63) is 133 Å². The number of aryl methyl sites for hydroxylation is 2. The molecule has 4 aromatic carbocycles. The molecule has 0 N–H and O–H groups in total. The number of aromatic nitrogens is 4. The van der Waals surface area contributed by atoms with E-state index in [-0.39, 0.29) is 34.0 Å². The average Bonchev–Trinajstić information content (AvgIpc) is 3.52. The monoisotopic (exact) mass is 602 g/mol. The van der Waals surface area contributed by atoms with E-state index in [2.05, 4.69) is 141 Å². The molecule has 0 aliphatic heterocycles. The van der Waals surface area contributed by atoms with Crippen molar-refractivity contribution >= 4 is 21.5 Å². The second kappa shape index (κ2) is 11.7. The fourth-order valence-corrected chi connectivity index (χ4v) is 4.66. The minimum atomic E-state index is 0. The predicted octanol–water partition coefficient (Wildman–Crippen LogP) is -1.02. The molecule has 2 aromatic heterocycles. The van der Waals surface area contributed by atoms with Gasteiger partial charge in [0, 0.05) is 0 Å². The maximum Gasteiger partial charge on any atom is 0.244 e. The van der Waals surface area contributed by atoms with Crippen molar-refractivity contribution in [1.82, 2.24) is 9.13 Å². The molecule has 0 unspecified atom stereocenters. The number of rotatable bonds is 7. The number of fused-ring (bicyclic) bond motifs is 2. The van der Waals surface area contributed by atoms with Crippen molar-refractivity contribution in [2.45, 2.75) is 26.2 Å². The Morgan fingerprint density at radius 2 is 0.917 bits per heavy atom. The van der Waals surface area contributed by atoms with E-state index < -0.39 is 0 Å². The van der Waals surface area contributed by atoms with Gasteiger partial charge in [-0.15, -0.1) is 0 Å². The molecule has 0 saturated heterocycles. The van der Waals surface area contributed by atoms with E-state index in [0.29, 0.717) is 0 Å². The second-order valence-corrected chi connectivity index (χ2v) is 9.01. The van der Waals surface area contributed by atoms with Gasteiger partial charge >= 0.3 is 0 Å². The van der Waals surface area contributed by atoms with E-state index in [4.69, 9.17) is 0 Å². The molecule has 0 fully saturated rings. The van der Waals surface area contributed by atoms with Gasteiger partial charge in [-0.25, -0.2) is 18.3 Å². The van der Waals surface area contributed by atoms with Gasteiger partial charge in [0.25, 0.3) is 0 Å². The van der Waals surface area contributed by atoms with Gasteiger partial charge in [0.1, 0.15) is 51.0 Å². The van der Waals surface area contributed by atoms with Crippen LogP contribution >= 0.6 is 0 Å². The van der Waals surface area contributed by atoms with Crippen LogP contribution in [0.25, 0.3) is 21.5 Å². The molecule has 182 valence electrons. The summed E-state index contributed by atoms with van der Waals surface area (Å²) < 4.78 is 9.02. The first-order valence-electron chi connectivity index (χ1n) is 11.8. The SMILES string of the molecule is [Br-].[Br-].c1ccc2cc(C[n+]3ccn(CCn4cc[n+](Cc5ccc6ccccc6c5)c4)c3)ccc2c1. The Balaban J connectivity index is 0.00000152. The molecule has 0 atom stereocenters. The van der Waals surface area contributed by atoms with Crippen molar-refractivity contribution in [2.24, 2.45) is 0 Å². The topological polar surface area (TPSA) is 17.6 Å². The zero-order valence-electron chi connectivity index (χ0n) is 19.9. The highest BCUT2D eigenvalue weighted by atomic mass is 79.9. The number of benzene rings is 4. The summed E-state index contributed by atoms with van der Waals surface area (Å²) in [7, 11) is 0. The maximum absolute atomic E-state index is 2.29. The van der Waals surface area contributed by atoms with E-state index in [9.17, 15) is 0 Å². The first kappa shape index (κ1) is 25.9. The van der Waals surface area contributed by atoms with Crippen LogP contribution < -0.4 is 43.1 Å². The maximum atomic E-state index is 2.29. The Morgan fingerprint density at radius 1 is 0.500 bits per heavy atom. The first-order chi connectivity index (χ1) is 16.8. The van der Waals surface area contributed by atoms with Crippen LogP contribution in [0.5, 0.6) is 0 Å². The third-order valence-electron chi connectivity index (χ3n) is 6.47. The fourth-order valence-electron chi connectivity index (χ4n) is 4.66. The molecule has 6 heteroatoms. The normalized spacial score (nSPS) is 10.8. The van der Waals surface area contributed by atoms with Gasteiger partial charge in [0.15, 0.2) is 0 Å². The van der Waals surface area contributed by atoms with Crippen LogP contribution in [-0.4, -0.2) is 9.13 Å². The zero-order valence-corrected chi connectivity index (χ0v) is 23.1. The lowest BCUT2D eigenvalue weighted by atomic mass is 10.1. The Hall–Kier alpha value is -3.22. The molecular weight excluding hydrogens is 576 g/mol. The third kappa shape index (κ3) is 5.94. The van der Waals surface area contributed by atoms with Crippen LogP contribution in [0.4, 0.5) is 0 Å². The van der Waals surface area contributed by atoms with E-state index in [1.165, 1.54) is 32.7 Å². The molecular formula is C30H28Br2N4. The quantitative estimate of drug-likeness (QED) is 0.208. The largest absolute Gasteiger partial charge is 1.00 e. The highest BCUT2D eigenvalue weighted by molar-refractivity contribution is 5.83. The first-order valence-corrected chi connectivity index (χ1v) is 11.8. The molecule has 0 radical (unpaired) electrons. The number of hydrogen-bond donors (Lipinski definition) is 0. The Kier molecular flexibility index (Phi) is 8.39. The number of nitrogens with zero attached hydrogens (tertiary/aromatic N) is 4. The van der Waals surface area contributed by atoms with Crippen molar-refractivity contribution in [2.75, 3.05) is 0 Å². The van der Waals surface area contributed by atoms with Crippen molar-refractivity contribution < 1.29 is 43.1 Å². The van der Waals surface area contributed by atoms with E-state index in [0.717, 1.165) is 26.2 Å². The van der Waals surface area contributed by atoms with Gasteiger partial charge in [0.2, 0.25) is 12.7 Å². The van der Waals surface area contributed by atoms with Gasteiger partial charge < -0.3 is 34.0 Å². The summed E-state index contributed by atoms with van der Waals surface area (Å²) in [5.74, 6) is 0. The van der Waals surface area contributed by atoms with Gasteiger partial charge in [-0.1, -0.05) is 72.8 Å². The van der Waals surface area contributed by atoms with Crippen LogP contribution in [0.1, 0.15) is 11.1 Å². The molecule has 6 aromatic rings. The summed E-state index contributed by atoms with van der Waals surface area (Å²) in [4.78, 5) is 0. The summed E-state index contributed by atoms with van der Waals surface area (Å²) >= 11 is 0. The lowest BCUT2D eigenvalue weighted by Crippen LogP contribution is -3.00. The lowest BCUT2D eigenvalue weighted by molar-refractivity contribution is -0.688. The molecule has 36 heavy (non-hydrogen) atoms. The third-order valence-corrected chi connectivity index (χ3v) is 6.47. The van der Waals surface area contributed by atoms with Crippen molar-refractivity contribution in [3.63, 3.8) is 0 Å². The number of hydrogen-bond acceptors (Lipinski definition) is 0. The molecule has 0 spiro atoms. The Bertz CT molecular complexity index is 1470. The van der Waals surface area contributed by atoms with Gasteiger partial charge in [0.05, 0.1) is 0 Å². The summed E-state index contributed by atoms with van der Waals surface area (Å²) in [6, 6.07) is 30.5. The van der Waals surface area contributed by atoms with E-state index in [1.807, 2.05) is 0 Å². The highest BCUT2D eigenvalue weighted by Crippen LogP contribution is 2.16. The molecule has 4 nitrogen and oxygen atoms in total. The van der Waals surface area contributed by atoms with Crippen LogP contribution in [0, 0.1) is 0 Å². The van der Waals surface area contributed by atoms with E-state index in [1.54, 1.807) is 0 Å². The number of halogens is 2. The van der Waals surface area contributed by atoms with Crippen LogP contribution in [0.3, 0.4) is 0 Å². The second-order valence-electron chi connectivity index (χ2n) is 9.01. The average molecular weight is 604 g/mol. The molecule has 0 amide bonds. The molecule has 2 heterocycles. The van der Waals surface area contributed by atoms with Crippen LogP contribution in [0.15, 0.2) is 122 Å². The van der Waals surface area contributed by atoms with Gasteiger partial charge in [-0.3, -0.25) is 0 Å². The minimum absolute atomic E-state index is 0. The summed E-state index contributed by atoms with van der Waals surface area (Å²) in [5, 5.41) is 5.17.